The molecular formula is C16H24O4. The van der Waals surface area contributed by atoms with Crippen molar-refractivity contribution >= 4 is 0 Å². The lowest BCUT2D eigenvalue weighted by molar-refractivity contribution is -0.171. The minimum Gasteiger partial charge on any atom is -0.373 e. The predicted molar refractivity (Wildman–Crippen MR) is 71.5 cm³/mol. The highest BCUT2D eigenvalue weighted by atomic mass is 16.6. The highest BCUT2D eigenvalue weighted by molar-refractivity contribution is 4.96. The normalized spacial score (nSPS) is 57.6. The SMILES string of the molecule is C1CC2OC2CC1C1COC(C2CCC3OC3C2)CO1. The van der Waals surface area contributed by atoms with Crippen LogP contribution in [0.15, 0.2) is 0 Å². The van der Waals surface area contributed by atoms with Crippen LogP contribution in [0.1, 0.15) is 38.5 Å². The van der Waals surface area contributed by atoms with Gasteiger partial charge < -0.3 is 18.9 Å². The van der Waals surface area contributed by atoms with Crippen LogP contribution in [0.25, 0.3) is 0 Å². The Labute approximate surface area is 120 Å². The zero-order chi connectivity index (χ0) is 13.1. The molecule has 5 fully saturated rings. The second-order valence-electron chi connectivity index (χ2n) is 7.32. The van der Waals surface area contributed by atoms with Crippen LogP contribution in [0.3, 0.4) is 0 Å². The van der Waals surface area contributed by atoms with Crippen molar-refractivity contribution in [3.63, 3.8) is 0 Å². The molecule has 8 unspecified atom stereocenters. The number of epoxide rings is 2. The molecule has 5 aliphatic rings. The molecule has 0 radical (unpaired) electrons. The summed E-state index contributed by atoms with van der Waals surface area (Å²) in [5.74, 6) is 1.31. The van der Waals surface area contributed by atoms with Crippen molar-refractivity contribution in [2.24, 2.45) is 11.8 Å². The molecular weight excluding hydrogens is 256 g/mol. The van der Waals surface area contributed by atoms with Crippen LogP contribution in [0, 0.1) is 11.8 Å². The Balaban J connectivity index is 1.14. The van der Waals surface area contributed by atoms with E-state index in [0.29, 0.717) is 48.5 Å². The highest BCUT2D eigenvalue weighted by Crippen LogP contribution is 2.44. The summed E-state index contributed by atoms with van der Waals surface area (Å²) in [6.07, 6.45) is 10.2. The van der Waals surface area contributed by atoms with E-state index < -0.39 is 0 Å². The fourth-order valence-corrected chi connectivity index (χ4v) is 4.62. The molecule has 8 atom stereocenters. The molecule has 0 bridgehead atoms. The first-order chi connectivity index (χ1) is 9.87. The van der Waals surface area contributed by atoms with Gasteiger partial charge in [0, 0.05) is 0 Å². The maximum Gasteiger partial charge on any atom is 0.0845 e. The summed E-state index contributed by atoms with van der Waals surface area (Å²) in [6, 6.07) is 0. The van der Waals surface area contributed by atoms with Crippen LogP contribution in [-0.2, 0) is 18.9 Å². The van der Waals surface area contributed by atoms with Gasteiger partial charge in [0.25, 0.3) is 0 Å². The van der Waals surface area contributed by atoms with E-state index in [1.54, 1.807) is 0 Å². The summed E-state index contributed by atoms with van der Waals surface area (Å²) in [4.78, 5) is 0. The standard InChI is InChI=1S/C16H24O4/c1-3-11-13(19-11)5-9(1)15-7-18-16(8-17-15)10-2-4-12-14(6-10)20-12/h9-16H,1-8H2. The zero-order valence-corrected chi connectivity index (χ0v) is 11.9. The third-order valence-corrected chi connectivity index (χ3v) is 6.09. The molecule has 0 amide bonds. The molecule has 4 heteroatoms. The summed E-state index contributed by atoms with van der Waals surface area (Å²) in [7, 11) is 0. The molecule has 112 valence electrons. The second kappa shape index (κ2) is 4.67. The number of rotatable bonds is 2. The molecule has 0 N–H and O–H groups in total. The molecule has 3 saturated heterocycles. The molecule has 3 aliphatic heterocycles. The molecule has 0 aromatic rings. The fraction of sp³-hybridized carbons (Fsp3) is 1.00. The predicted octanol–water partition coefficient (Wildman–Crippen LogP) is 1.91. The summed E-state index contributed by atoms with van der Waals surface area (Å²) in [5, 5.41) is 0. The van der Waals surface area contributed by atoms with E-state index in [2.05, 4.69) is 0 Å². The van der Waals surface area contributed by atoms with Gasteiger partial charge in [0.2, 0.25) is 0 Å². The molecule has 4 nitrogen and oxygen atoms in total. The lowest BCUT2D eigenvalue weighted by Gasteiger charge is -2.38. The van der Waals surface area contributed by atoms with Crippen LogP contribution < -0.4 is 0 Å². The largest absolute Gasteiger partial charge is 0.373 e. The van der Waals surface area contributed by atoms with Gasteiger partial charge in [-0.3, -0.25) is 0 Å². The van der Waals surface area contributed by atoms with Crippen LogP contribution in [0.2, 0.25) is 0 Å². The van der Waals surface area contributed by atoms with Crippen LogP contribution in [-0.4, -0.2) is 49.8 Å². The van der Waals surface area contributed by atoms with Gasteiger partial charge in [-0.2, -0.15) is 0 Å². The monoisotopic (exact) mass is 280 g/mol. The van der Waals surface area contributed by atoms with E-state index in [9.17, 15) is 0 Å². The first-order valence-corrected chi connectivity index (χ1v) is 8.41. The van der Waals surface area contributed by atoms with Gasteiger partial charge in [-0.1, -0.05) is 0 Å². The van der Waals surface area contributed by atoms with E-state index in [1.807, 2.05) is 0 Å². The van der Waals surface area contributed by atoms with Crippen LogP contribution in [0.4, 0.5) is 0 Å². The third kappa shape index (κ3) is 2.21. The highest BCUT2D eigenvalue weighted by Gasteiger charge is 2.48. The quantitative estimate of drug-likeness (QED) is 0.725. The summed E-state index contributed by atoms with van der Waals surface area (Å²) in [5.41, 5.74) is 0. The van der Waals surface area contributed by atoms with Crippen molar-refractivity contribution in [1.82, 2.24) is 0 Å². The Hall–Kier alpha value is -0.160. The van der Waals surface area contributed by atoms with Crippen molar-refractivity contribution in [3.8, 4) is 0 Å². The van der Waals surface area contributed by atoms with Gasteiger partial charge in [0.05, 0.1) is 49.8 Å². The lowest BCUT2D eigenvalue weighted by Crippen LogP contribution is -2.44. The first-order valence-electron chi connectivity index (χ1n) is 8.41. The van der Waals surface area contributed by atoms with Crippen LogP contribution >= 0.6 is 0 Å². The second-order valence-corrected chi connectivity index (χ2v) is 7.32. The Morgan fingerprint density at radius 2 is 1.00 bits per heavy atom. The molecule has 0 aromatic heterocycles. The topological polar surface area (TPSA) is 43.5 Å². The molecule has 0 aromatic carbocycles. The van der Waals surface area contributed by atoms with E-state index in [-0.39, 0.29) is 0 Å². The van der Waals surface area contributed by atoms with Gasteiger partial charge >= 0.3 is 0 Å². The average molecular weight is 280 g/mol. The van der Waals surface area contributed by atoms with Gasteiger partial charge in [-0.15, -0.1) is 0 Å². The number of hydrogen-bond donors (Lipinski definition) is 0. The summed E-state index contributed by atoms with van der Waals surface area (Å²) in [6.45, 7) is 1.58. The third-order valence-electron chi connectivity index (χ3n) is 6.09. The van der Waals surface area contributed by atoms with Crippen molar-refractivity contribution < 1.29 is 18.9 Å². The molecule has 2 saturated carbocycles. The Bertz CT molecular complexity index is 343. The van der Waals surface area contributed by atoms with E-state index in [0.717, 1.165) is 13.2 Å². The summed E-state index contributed by atoms with van der Waals surface area (Å²) >= 11 is 0. The summed E-state index contributed by atoms with van der Waals surface area (Å²) < 4.78 is 23.6. The van der Waals surface area contributed by atoms with E-state index >= 15 is 0 Å². The molecule has 2 aliphatic carbocycles. The lowest BCUT2D eigenvalue weighted by atomic mass is 9.83. The van der Waals surface area contributed by atoms with Crippen LogP contribution in [0.5, 0.6) is 0 Å². The Morgan fingerprint density at radius 3 is 1.40 bits per heavy atom. The fourth-order valence-electron chi connectivity index (χ4n) is 4.62. The van der Waals surface area contributed by atoms with E-state index in [1.165, 1.54) is 38.5 Å². The Kier molecular flexibility index (Phi) is 2.89. The number of hydrogen-bond acceptors (Lipinski definition) is 4. The van der Waals surface area contributed by atoms with Crippen molar-refractivity contribution in [2.45, 2.75) is 75.1 Å². The zero-order valence-electron chi connectivity index (χ0n) is 11.9. The van der Waals surface area contributed by atoms with Crippen molar-refractivity contribution in [2.75, 3.05) is 13.2 Å². The Morgan fingerprint density at radius 1 is 0.500 bits per heavy atom. The molecule has 20 heavy (non-hydrogen) atoms. The van der Waals surface area contributed by atoms with Crippen molar-refractivity contribution in [1.29, 1.82) is 0 Å². The maximum absolute atomic E-state index is 6.18. The number of ether oxygens (including phenoxy) is 4. The minimum atomic E-state index is 0.310. The van der Waals surface area contributed by atoms with Gasteiger partial charge in [-0.25, -0.2) is 0 Å². The van der Waals surface area contributed by atoms with Gasteiger partial charge in [-0.05, 0) is 50.4 Å². The van der Waals surface area contributed by atoms with Gasteiger partial charge in [0.15, 0.2) is 0 Å². The number of fused-ring (bicyclic) bond motifs is 2. The average Bonchev–Trinajstić information content (AvgIpc) is 3.39. The van der Waals surface area contributed by atoms with Gasteiger partial charge in [0.1, 0.15) is 0 Å². The molecule has 5 rings (SSSR count). The molecule has 0 spiro atoms. The first kappa shape index (κ1) is 12.4. The smallest absolute Gasteiger partial charge is 0.0845 e. The van der Waals surface area contributed by atoms with E-state index in [4.69, 9.17) is 18.9 Å². The minimum absolute atomic E-state index is 0.310. The molecule has 3 heterocycles. The van der Waals surface area contributed by atoms with Crippen molar-refractivity contribution in [3.05, 3.63) is 0 Å². The maximum atomic E-state index is 6.18.